The molecule has 1 N–H and O–H groups in total. The Kier molecular flexibility index (Phi) is 3.62. The summed E-state index contributed by atoms with van der Waals surface area (Å²) in [4.78, 5) is 8.24. The second kappa shape index (κ2) is 5.92. The molecular formula is C20H20N2O. The molecule has 23 heavy (non-hydrogen) atoms. The van der Waals surface area contributed by atoms with Gasteiger partial charge in [0.05, 0.1) is 6.26 Å². The van der Waals surface area contributed by atoms with Crippen molar-refractivity contribution in [1.82, 2.24) is 9.97 Å². The Balaban J connectivity index is 1.75. The molecule has 0 saturated carbocycles. The standard InChI is InChI=1S/C20H20N2O/c1-2-3-4-6-15-9-10-16-17-13-14(19-7-5-12-23-19)8-11-18(17)22-20(16)21-15/h5,7-13H,2-4,6H2,1H3,(H,21,22). The summed E-state index contributed by atoms with van der Waals surface area (Å²) in [5.74, 6) is 0.894. The Labute approximate surface area is 135 Å². The number of furan rings is 1. The Bertz CT molecular complexity index is 935. The SMILES string of the molecule is CCCCCc1ccc2c(n1)[nH]c1ccc(-c3ccco3)cc12. The number of aromatic nitrogens is 2. The molecule has 0 radical (unpaired) electrons. The van der Waals surface area contributed by atoms with E-state index in [4.69, 9.17) is 9.40 Å². The van der Waals surface area contributed by atoms with Crippen molar-refractivity contribution >= 4 is 21.9 Å². The van der Waals surface area contributed by atoms with Gasteiger partial charge in [0, 0.05) is 27.5 Å². The van der Waals surface area contributed by atoms with Crippen LogP contribution in [0.3, 0.4) is 0 Å². The summed E-state index contributed by atoms with van der Waals surface area (Å²) in [6.07, 6.45) is 6.47. The minimum Gasteiger partial charge on any atom is -0.464 e. The Morgan fingerprint density at radius 3 is 2.83 bits per heavy atom. The first-order valence-electron chi connectivity index (χ1n) is 8.30. The van der Waals surface area contributed by atoms with Crippen LogP contribution in [0.4, 0.5) is 0 Å². The van der Waals surface area contributed by atoms with Crippen molar-refractivity contribution in [1.29, 1.82) is 0 Å². The third kappa shape index (κ3) is 2.63. The number of pyridine rings is 1. The second-order valence-corrected chi connectivity index (χ2v) is 6.02. The number of hydrogen-bond donors (Lipinski definition) is 1. The molecule has 0 bridgehead atoms. The molecule has 0 aliphatic carbocycles. The van der Waals surface area contributed by atoms with Crippen LogP contribution in [0, 0.1) is 0 Å². The summed E-state index contributed by atoms with van der Waals surface area (Å²) in [5.41, 5.74) is 4.36. The fourth-order valence-electron chi connectivity index (χ4n) is 3.11. The van der Waals surface area contributed by atoms with Crippen LogP contribution in [0.15, 0.2) is 53.1 Å². The highest BCUT2D eigenvalue weighted by atomic mass is 16.3. The first-order chi connectivity index (χ1) is 11.3. The highest BCUT2D eigenvalue weighted by Crippen LogP contribution is 2.29. The van der Waals surface area contributed by atoms with Crippen molar-refractivity contribution in [3.05, 3.63) is 54.4 Å². The zero-order valence-corrected chi connectivity index (χ0v) is 13.3. The smallest absolute Gasteiger partial charge is 0.138 e. The minimum absolute atomic E-state index is 0.894. The summed E-state index contributed by atoms with van der Waals surface area (Å²) < 4.78 is 5.51. The van der Waals surface area contributed by atoms with Gasteiger partial charge in [-0.05, 0) is 55.3 Å². The van der Waals surface area contributed by atoms with Crippen molar-refractivity contribution in [3.63, 3.8) is 0 Å². The van der Waals surface area contributed by atoms with E-state index in [1.807, 2.05) is 12.1 Å². The molecule has 0 atom stereocenters. The van der Waals surface area contributed by atoms with Gasteiger partial charge in [-0.1, -0.05) is 19.8 Å². The fraction of sp³-hybridized carbons (Fsp3) is 0.250. The zero-order chi connectivity index (χ0) is 15.6. The van der Waals surface area contributed by atoms with Gasteiger partial charge in [-0.2, -0.15) is 0 Å². The molecule has 0 fully saturated rings. The van der Waals surface area contributed by atoms with Crippen molar-refractivity contribution in [2.24, 2.45) is 0 Å². The maximum absolute atomic E-state index is 5.51. The van der Waals surface area contributed by atoms with E-state index in [9.17, 15) is 0 Å². The molecular weight excluding hydrogens is 284 g/mol. The number of aromatic amines is 1. The molecule has 3 heteroatoms. The zero-order valence-electron chi connectivity index (χ0n) is 13.3. The normalized spacial score (nSPS) is 11.5. The van der Waals surface area contributed by atoms with Crippen molar-refractivity contribution in [2.75, 3.05) is 0 Å². The van der Waals surface area contributed by atoms with Gasteiger partial charge in [0.25, 0.3) is 0 Å². The lowest BCUT2D eigenvalue weighted by molar-refractivity contribution is 0.582. The fourth-order valence-corrected chi connectivity index (χ4v) is 3.11. The molecule has 4 aromatic rings. The number of fused-ring (bicyclic) bond motifs is 3. The lowest BCUT2D eigenvalue weighted by atomic mass is 10.1. The quantitative estimate of drug-likeness (QED) is 0.480. The molecule has 116 valence electrons. The summed E-state index contributed by atoms with van der Waals surface area (Å²) in [7, 11) is 0. The van der Waals surface area contributed by atoms with Gasteiger partial charge in [-0.15, -0.1) is 0 Å². The molecule has 1 aromatic carbocycles. The molecule has 3 heterocycles. The number of unbranched alkanes of at least 4 members (excludes halogenated alkanes) is 2. The first kappa shape index (κ1) is 14.1. The van der Waals surface area contributed by atoms with E-state index < -0.39 is 0 Å². The van der Waals surface area contributed by atoms with Crippen LogP contribution in [0.5, 0.6) is 0 Å². The van der Waals surface area contributed by atoms with Crippen molar-refractivity contribution in [3.8, 4) is 11.3 Å². The molecule has 0 aliphatic rings. The number of rotatable bonds is 5. The van der Waals surface area contributed by atoms with Gasteiger partial charge in [0.2, 0.25) is 0 Å². The highest BCUT2D eigenvalue weighted by molar-refractivity contribution is 6.07. The lowest BCUT2D eigenvalue weighted by Gasteiger charge is -2.00. The lowest BCUT2D eigenvalue weighted by Crippen LogP contribution is -1.90. The van der Waals surface area contributed by atoms with Crippen LogP contribution in [-0.2, 0) is 6.42 Å². The van der Waals surface area contributed by atoms with E-state index in [1.165, 1.54) is 35.7 Å². The maximum atomic E-state index is 5.51. The number of nitrogens with zero attached hydrogens (tertiary/aromatic N) is 1. The van der Waals surface area contributed by atoms with Crippen LogP contribution in [0.1, 0.15) is 31.9 Å². The van der Waals surface area contributed by atoms with Gasteiger partial charge in [0.1, 0.15) is 11.4 Å². The molecule has 0 spiro atoms. The van der Waals surface area contributed by atoms with E-state index in [0.29, 0.717) is 0 Å². The largest absolute Gasteiger partial charge is 0.464 e. The Hall–Kier alpha value is -2.55. The van der Waals surface area contributed by atoms with E-state index in [2.05, 4.69) is 42.2 Å². The van der Waals surface area contributed by atoms with E-state index in [0.717, 1.165) is 28.9 Å². The molecule has 0 aliphatic heterocycles. The number of benzene rings is 1. The summed E-state index contributed by atoms with van der Waals surface area (Å²) in [5, 5.41) is 2.37. The molecule has 4 rings (SSSR count). The molecule has 3 nitrogen and oxygen atoms in total. The average molecular weight is 304 g/mol. The van der Waals surface area contributed by atoms with Crippen molar-refractivity contribution < 1.29 is 4.42 Å². The highest BCUT2D eigenvalue weighted by Gasteiger charge is 2.09. The Morgan fingerprint density at radius 2 is 2.00 bits per heavy atom. The number of aryl methyl sites for hydroxylation is 1. The first-order valence-corrected chi connectivity index (χ1v) is 8.30. The number of H-pyrrole nitrogens is 1. The predicted octanol–water partition coefficient (Wildman–Crippen LogP) is 5.71. The average Bonchev–Trinajstić information content (AvgIpc) is 3.21. The van der Waals surface area contributed by atoms with Crippen LogP contribution in [0.25, 0.3) is 33.3 Å². The number of nitrogens with one attached hydrogen (secondary N) is 1. The van der Waals surface area contributed by atoms with Gasteiger partial charge < -0.3 is 9.40 Å². The van der Waals surface area contributed by atoms with Gasteiger partial charge in [0.15, 0.2) is 0 Å². The third-order valence-corrected chi connectivity index (χ3v) is 4.36. The molecule has 0 saturated heterocycles. The van der Waals surface area contributed by atoms with Crippen LogP contribution < -0.4 is 0 Å². The second-order valence-electron chi connectivity index (χ2n) is 6.02. The number of hydrogen-bond acceptors (Lipinski definition) is 2. The summed E-state index contributed by atoms with van der Waals surface area (Å²) in [6, 6.07) is 14.6. The summed E-state index contributed by atoms with van der Waals surface area (Å²) >= 11 is 0. The summed E-state index contributed by atoms with van der Waals surface area (Å²) in [6.45, 7) is 2.23. The van der Waals surface area contributed by atoms with Gasteiger partial charge in [-0.25, -0.2) is 4.98 Å². The topological polar surface area (TPSA) is 41.8 Å². The molecule has 3 aromatic heterocycles. The third-order valence-electron chi connectivity index (χ3n) is 4.36. The molecule has 0 amide bonds. The maximum Gasteiger partial charge on any atom is 0.138 e. The van der Waals surface area contributed by atoms with Gasteiger partial charge in [-0.3, -0.25) is 0 Å². The Morgan fingerprint density at radius 1 is 1.04 bits per heavy atom. The van der Waals surface area contributed by atoms with E-state index in [1.54, 1.807) is 6.26 Å². The van der Waals surface area contributed by atoms with Crippen LogP contribution >= 0.6 is 0 Å². The van der Waals surface area contributed by atoms with Gasteiger partial charge >= 0.3 is 0 Å². The molecule has 0 unspecified atom stereocenters. The minimum atomic E-state index is 0.894. The van der Waals surface area contributed by atoms with E-state index >= 15 is 0 Å². The monoisotopic (exact) mass is 304 g/mol. The van der Waals surface area contributed by atoms with E-state index in [-0.39, 0.29) is 0 Å². The predicted molar refractivity (Wildman–Crippen MR) is 94.5 cm³/mol. The van der Waals surface area contributed by atoms with Crippen LogP contribution in [0.2, 0.25) is 0 Å². The van der Waals surface area contributed by atoms with Crippen LogP contribution in [-0.4, -0.2) is 9.97 Å². The van der Waals surface area contributed by atoms with Crippen molar-refractivity contribution in [2.45, 2.75) is 32.6 Å².